The Hall–Kier alpha value is -1.50. The van der Waals surface area contributed by atoms with Crippen LogP contribution in [0.5, 0.6) is 0 Å². The van der Waals surface area contributed by atoms with Crippen molar-refractivity contribution in [1.29, 1.82) is 0 Å². The number of rotatable bonds is 3. The third kappa shape index (κ3) is 3.58. The molecule has 0 aliphatic carbocycles. The lowest BCUT2D eigenvalue weighted by molar-refractivity contribution is 0.243. The summed E-state index contributed by atoms with van der Waals surface area (Å²) in [7, 11) is 0. The topological polar surface area (TPSA) is 15.3 Å². The van der Waals surface area contributed by atoms with Gasteiger partial charge in [-0.15, -0.1) is 6.42 Å². The summed E-state index contributed by atoms with van der Waals surface area (Å²) in [5.74, 6) is 2.73. The van der Waals surface area contributed by atoms with Gasteiger partial charge in [0.2, 0.25) is 0 Å². The van der Waals surface area contributed by atoms with Crippen molar-refractivity contribution in [2.45, 2.75) is 18.9 Å². The molecule has 0 atom stereocenters. The van der Waals surface area contributed by atoms with Crippen LogP contribution in [0.2, 0.25) is 0 Å². The summed E-state index contributed by atoms with van der Waals surface area (Å²) < 4.78 is 1.12. The molecule has 2 aromatic carbocycles. The molecular weight excluding hydrogens is 324 g/mol. The van der Waals surface area contributed by atoms with Crippen LogP contribution < -0.4 is 5.32 Å². The van der Waals surface area contributed by atoms with Crippen LogP contribution in [-0.4, -0.2) is 30.6 Å². The van der Waals surface area contributed by atoms with Gasteiger partial charge in [-0.25, -0.2) is 0 Å². The number of fused-ring (bicyclic) bond motifs is 1. The van der Waals surface area contributed by atoms with Crippen LogP contribution in [0.15, 0.2) is 40.9 Å². The molecule has 1 saturated heterocycles. The van der Waals surface area contributed by atoms with Crippen LogP contribution in [0, 0.1) is 12.3 Å². The number of nitrogens with zero attached hydrogens (tertiary/aromatic N) is 1. The zero-order valence-electron chi connectivity index (χ0n) is 12.0. The first-order valence-electron chi connectivity index (χ1n) is 7.36. The minimum absolute atomic E-state index is 0.548. The van der Waals surface area contributed by atoms with Crippen molar-refractivity contribution in [2.75, 3.05) is 25.0 Å². The van der Waals surface area contributed by atoms with Crippen molar-refractivity contribution in [3.8, 4) is 12.3 Å². The number of anilines is 1. The number of benzene rings is 2. The molecule has 1 heterocycles. The average molecular weight is 343 g/mol. The Morgan fingerprint density at radius 3 is 2.62 bits per heavy atom. The number of piperidine rings is 1. The molecule has 0 amide bonds. The van der Waals surface area contributed by atoms with E-state index in [-0.39, 0.29) is 0 Å². The van der Waals surface area contributed by atoms with Gasteiger partial charge in [0.05, 0.1) is 6.54 Å². The van der Waals surface area contributed by atoms with Crippen molar-refractivity contribution in [3.63, 3.8) is 0 Å². The van der Waals surface area contributed by atoms with E-state index < -0.39 is 0 Å². The number of hydrogen-bond donors (Lipinski definition) is 1. The summed E-state index contributed by atoms with van der Waals surface area (Å²) in [6, 6.07) is 13.5. The summed E-state index contributed by atoms with van der Waals surface area (Å²) >= 11 is 3.51. The maximum atomic E-state index is 5.37. The molecule has 3 rings (SSSR count). The number of halogens is 1. The normalized spacial score (nSPS) is 16.8. The standard InChI is InChI=1S/C18H19BrN2/c1-2-9-21-10-7-17(8-11-21)20-18-6-4-14-12-16(19)5-3-15(14)13-18/h1,3-6,12-13,17,20H,7-11H2. The Bertz CT molecular complexity index is 666. The fraction of sp³-hybridized carbons (Fsp3) is 0.333. The summed E-state index contributed by atoms with van der Waals surface area (Å²) in [4.78, 5) is 2.34. The summed E-state index contributed by atoms with van der Waals surface area (Å²) in [6.45, 7) is 2.95. The van der Waals surface area contributed by atoms with E-state index in [4.69, 9.17) is 6.42 Å². The van der Waals surface area contributed by atoms with E-state index in [1.807, 2.05) is 0 Å². The Kier molecular flexibility index (Phi) is 4.48. The van der Waals surface area contributed by atoms with Crippen molar-refractivity contribution < 1.29 is 0 Å². The van der Waals surface area contributed by atoms with Gasteiger partial charge in [-0.1, -0.05) is 34.0 Å². The lowest BCUT2D eigenvalue weighted by Gasteiger charge is -2.31. The van der Waals surface area contributed by atoms with E-state index in [1.54, 1.807) is 0 Å². The van der Waals surface area contributed by atoms with Crippen LogP contribution >= 0.6 is 15.9 Å². The third-order valence-corrected chi connectivity index (χ3v) is 4.57. The van der Waals surface area contributed by atoms with Gasteiger partial charge in [-0.05, 0) is 47.9 Å². The Labute approximate surface area is 134 Å². The Balaban J connectivity index is 1.66. The number of terminal acetylenes is 1. The summed E-state index contributed by atoms with van der Waals surface area (Å²) in [5, 5.41) is 6.19. The van der Waals surface area contributed by atoms with E-state index >= 15 is 0 Å². The Morgan fingerprint density at radius 2 is 1.86 bits per heavy atom. The van der Waals surface area contributed by atoms with Gasteiger partial charge in [0.1, 0.15) is 0 Å². The molecule has 0 aromatic heterocycles. The predicted molar refractivity (Wildman–Crippen MR) is 93.6 cm³/mol. The van der Waals surface area contributed by atoms with E-state index in [9.17, 15) is 0 Å². The molecule has 2 aromatic rings. The van der Waals surface area contributed by atoms with Gasteiger partial charge >= 0.3 is 0 Å². The van der Waals surface area contributed by atoms with Gasteiger partial charge in [0.15, 0.2) is 0 Å². The quantitative estimate of drug-likeness (QED) is 0.844. The highest BCUT2D eigenvalue weighted by molar-refractivity contribution is 9.10. The first-order valence-corrected chi connectivity index (χ1v) is 8.15. The van der Waals surface area contributed by atoms with Crippen molar-refractivity contribution in [2.24, 2.45) is 0 Å². The van der Waals surface area contributed by atoms with Crippen LogP contribution in [-0.2, 0) is 0 Å². The molecule has 0 spiro atoms. The second-order valence-electron chi connectivity index (χ2n) is 5.61. The molecule has 1 N–H and O–H groups in total. The highest BCUT2D eigenvalue weighted by atomic mass is 79.9. The molecule has 2 nitrogen and oxygen atoms in total. The maximum Gasteiger partial charge on any atom is 0.0598 e. The largest absolute Gasteiger partial charge is 0.382 e. The Morgan fingerprint density at radius 1 is 1.14 bits per heavy atom. The molecular formula is C18H19BrN2. The molecule has 0 radical (unpaired) electrons. The zero-order valence-corrected chi connectivity index (χ0v) is 13.6. The smallest absolute Gasteiger partial charge is 0.0598 e. The minimum atomic E-state index is 0.548. The van der Waals surface area contributed by atoms with Crippen LogP contribution in [0.4, 0.5) is 5.69 Å². The molecule has 0 bridgehead atoms. The second kappa shape index (κ2) is 6.51. The SMILES string of the molecule is C#CCN1CCC(Nc2ccc3cc(Br)ccc3c2)CC1. The van der Waals surface area contributed by atoms with Gasteiger partial charge in [-0.3, -0.25) is 4.90 Å². The van der Waals surface area contributed by atoms with E-state index in [0.29, 0.717) is 6.04 Å². The van der Waals surface area contributed by atoms with Gasteiger partial charge in [0, 0.05) is 29.3 Å². The van der Waals surface area contributed by atoms with Crippen LogP contribution in [0.25, 0.3) is 10.8 Å². The fourth-order valence-electron chi connectivity index (χ4n) is 2.91. The second-order valence-corrected chi connectivity index (χ2v) is 6.52. The monoisotopic (exact) mass is 342 g/mol. The lowest BCUT2D eigenvalue weighted by atomic mass is 10.0. The van der Waals surface area contributed by atoms with Crippen LogP contribution in [0.1, 0.15) is 12.8 Å². The minimum Gasteiger partial charge on any atom is -0.382 e. The third-order valence-electron chi connectivity index (χ3n) is 4.08. The molecule has 1 fully saturated rings. The van der Waals surface area contributed by atoms with Gasteiger partial charge < -0.3 is 5.32 Å². The van der Waals surface area contributed by atoms with Crippen molar-refractivity contribution in [1.82, 2.24) is 4.90 Å². The summed E-state index contributed by atoms with van der Waals surface area (Å²) in [6.07, 6.45) is 7.68. The number of hydrogen-bond acceptors (Lipinski definition) is 2. The maximum absolute atomic E-state index is 5.37. The predicted octanol–water partition coefficient (Wildman–Crippen LogP) is 4.11. The number of nitrogens with one attached hydrogen (secondary N) is 1. The van der Waals surface area contributed by atoms with E-state index in [2.05, 4.69) is 68.5 Å². The van der Waals surface area contributed by atoms with Gasteiger partial charge in [-0.2, -0.15) is 0 Å². The van der Waals surface area contributed by atoms with E-state index in [1.165, 1.54) is 16.5 Å². The van der Waals surface area contributed by atoms with E-state index in [0.717, 1.165) is 36.9 Å². The fourth-order valence-corrected chi connectivity index (χ4v) is 3.29. The molecule has 21 heavy (non-hydrogen) atoms. The first-order chi connectivity index (χ1) is 10.2. The molecule has 0 unspecified atom stereocenters. The van der Waals surface area contributed by atoms with Gasteiger partial charge in [0.25, 0.3) is 0 Å². The van der Waals surface area contributed by atoms with Crippen LogP contribution in [0.3, 0.4) is 0 Å². The summed E-state index contributed by atoms with van der Waals surface area (Å²) in [5.41, 5.74) is 1.21. The van der Waals surface area contributed by atoms with Crippen molar-refractivity contribution in [3.05, 3.63) is 40.9 Å². The molecule has 1 aliphatic heterocycles. The average Bonchev–Trinajstić information content (AvgIpc) is 2.50. The zero-order chi connectivity index (χ0) is 14.7. The van der Waals surface area contributed by atoms with Crippen molar-refractivity contribution >= 4 is 32.4 Å². The highest BCUT2D eigenvalue weighted by Gasteiger charge is 2.18. The highest BCUT2D eigenvalue weighted by Crippen LogP contribution is 2.24. The molecule has 108 valence electrons. The lowest BCUT2D eigenvalue weighted by Crippen LogP contribution is -2.39. The number of likely N-dealkylation sites (tertiary alicyclic amines) is 1. The molecule has 0 saturated carbocycles. The first kappa shape index (κ1) is 14.4. The molecule has 1 aliphatic rings. The molecule has 3 heteroatoms.